The molecule has 0 saturated heterocycles. The molecule has 0 spiro atoms. The summed E-state index contributed by atoms with van der Waals surface area (Å²) in [6.45, 7) is 0. The summed E-state index contributed by atoms with van der Waals surface area (Å²) in [7, 11) is 0. The minimum absolute atomic E-state index is 0.200. The van der Waals surface area contributed by atoms with Crippen LogP contribution in [-0.4, -0.2) is 17.4 Å². The van der Waals surface area contributed by atoms with Gasteiger partial charge in [-0.3, -0.25) is 0 Å². The van der Waals surface area contributed by atoms with Crippen molar-refractivity contribution in [3.63, 3.8) is 0 Å². The molecule has 2 heterocycles. The maximum atomic E-state index is 12.2. The SMILES string of the molecule is O=C1N=c2cc(-c3cccc(OC(F)(F)F)c3)cnc2=N1. The number of rotatable bonds is 2. The van der Waals surface area contributed by atoms with Gasteiger partial charge in [0.05, 0.1) is 0 Å². The lowest BCUT2D eigenvalue weighted by atomic mass is 10.1. The first-order valence-electron chi connectivity index (χ1n) is 5.74. The van der Waals surface area contributed by atoms with Crippen molar-refractivity contribution in [3.8, 4) is 16.9 Å². The largest absolute Gasteiger partial charge is 0.573 e. The fourth-order valence-electron chi connectivity index (χ4n) is 1.86. The van der Waals surface area contributed by atoms with Gasteiger partial charge < -0.3 is 4.74 Å². The Labute approximate surface area is 115 Å². The van der Waals surface area contributed by atoms with Crippen molar-refractivity contribution >= 4 is 6.03 Å². The molecule has 0 atom stereocenters. The third kappa shape index (κ3) is 2.88. The van der Waals surface area contributed by atoms with Crippen molar-refractivity contribution in [1.82, 2.24) is 4.98 Å². The monoisotopic (exact) mass is 293 g/mol. The Balaban J connectivity index is 2.01. The van der Waals surface area contributed by atoms with Crippen LogP contribution in [0.5, 0.6) is 5.75 Å². The number of ether oxygens (including phenoxy) is 1. The van der Waals surface area contributed by atoms with E-state index < -0.39 is 12.4 Å². The third-order valence-electron chi connectivity index (χ3n) is 2.67. The van der Waals surface area contributed by atoms with Gasteiger partial charge in [-0.05, 0) is 23.8 Å². The van der Waals surface area contributed by atoms with Crippen molar-refractivity contribution in [2.24, 2.45) is 9.98 Å². The van der Waals surface area contributed by atoms with E-state index in [2.05, 4.69) is 19.7 Å². The Morgan fingerprint density at radius 2 is 1.86 bits per heavy atom. The summed E-state index contributed by atoms with van der Waals surface area (Å²) < 4.78 is 40.5. The summed E-state index contributed by atoms with van der Waals surface area (Å²) in [5.41, 5.74) is 1.17. The highest BCUT2D eigenvalue weighted by molar-refractivity contribution is 5.77. The number of carbonyl (C=O) groups is 1. The van der Waals surface area contributed by atoms with E-state index in [1.54, 1.807) is 6.07 Å². The lowest BCUT2D eigenvalue weighted by Crippen LogP contribution is -2.25. The quantitative estimate of drug-likeness (QED) is 0.851. The predicted molar refractivity (Wildman–Crippen MR) is 64.1 cm³/mol. The van der Waals surface area contributed by atoms with Crippen molar-refractivity contribution in [3.05, 3.63) is 47.4 Å². The molecule has 8 heteroatoms. The molecular formula is C13H6F3N3O2. The summed E-state index contributed by atoms with van der Waals surface area (Å²) in [4.78, 5) is 22.2. The zero-order valence-corrected chi connectivity index (χ0v) is 10.3. The Kier molecular flexibility index (Phi) is 2.93. The molecular weight excluding hydrogens is 287 g/mol. The third-order valence-corrected chi connectivity index (χ3v) is 2.67. The van der Waals surface area contributed by atoms with Crippen molar-refractivity contribution in [1.29, 1.82) is 0 Å². The number of nitrogens with zero attached hydrogens (tertiary/aromatic N) is 3. The standard InChI is InChI=1S/C13H6F3N3O2/c14-13(15,16)21-9-3-1-2-7(4-9)8-5-10-11(17-6-8)19-12(20)18-10/h1-6H. The van der Waals surface area contributed by atoms with Crippen LogP contribution >= 0.6 is 0 Å². The molecule has 5 nitrogen and oxygen atoms in total. The van der Waals surface area contributed by atoms with Gasteiger partial charge in [0, 0.05) is 11.8 Å². The van der Waals surface area contributed by atoms with Crippen LogP contribution in [0.3, 0.4) is 0 Å². The lowest BCUT2D eigenvalue weighted by molar-refractivity contribution is -0.274. The Morgan fingerprint density at radius 1 is 1.05 bits per heavy atom. The fraction of sp³-hybridized carbons (Fsp3) is 0.0769. The number of hydrogen-bond acceptors (Lipinski definition) is 3. The number of carbonyl (C=O) groups excluding carboxylic acids is 1. The van der Waals surface area contributed by atoms with Gasteiger partial charge in [0.1, 0.15) is 11.1 Å². The molecule has 1 aromatic carbocycles. The van der Waals surface area contributed by atoms with E-state index in [1.165, 1.54) is 30.5 Å². The molecule has 1 aliphatic rings. The van der Waals surface area contributed by atoms with Gasteiger partial charge in [-0.15, -0.1) is 13.2 Å². The van der Waals surface area contributed by atoms with Gasteiger partial charge in [-0.2, -0.15) is 9.98 Å². The highest BCUT2D eigenvalue weighted by Crippen LogP contribution is 2.27. The second-order valence-electron chi connectivity index (χ2n) is 4.15. The number of pyridine rings is 1. The highest BCUT2D eigenvalue weighted by atomic mass is 19.4. The number of benzene rings is 1. The summed E-state index contributed by atoms with van der Waals surface area (Å²) in [5.74, 6) is -0.335. The first-order valence-corrected chi connectivity index (χ1v) is 5.74. The van der Waals surface area contributed by atoms with E-state index in [1.807, 2.05) is 0 Å². The number of amides is 2. The summed E-state index contributed by atoms with van der Waals surface area (Å²) >= 11 is 0. The van der Waals surface area contributed by atoms with Crippen LogP contribution in [-0.2, 0) is 0 Å². The second kappa shape index (κ2) is 4.65. The Bertz CT molecular complexity index is 846. The van der Waals surface area contributed by atoms with E-state index in [9.17, 15) is 18.0 Å². The average molecular weight is 293 g/mol. The number of alkyl halides is 3. The molecule has 1 aliphatic heterocycles. The lowest BCUT2D eigenvalue weighted by Gasteiger charge is -2.09. The first kappa shape index (κ1) is 13.2. The van der Waals surface area contributed by atoms with Crippen LogP contribution < -0.4 is 15.6 Å². The molecule has 3 rings (SSSR count). The smallest absolute Gasteiger partial charge is 0.406 e. The van der Waals surface area contributed by atoms with E-state index >= 15 is 0 Å². The van der Waals surface area contributed by atoms with Gasteiger partial charge in [-0.25, -0.2) is 9.78 Å². The van der Waals surface area contributed by atoms with Crippen LogP contribution in [0.2, 0.25) is 0 Å². The maximum absolute atomic E-state index is 12.2. The van der Waals surface area contributed by atoms with Crippen LogP contribution in [0.4, 0.5) is 18.0 Å². The molecule has 0 radical (unpaired) electrons. The van der Waals surface area contributed by atoms with Gasteiger partial charge in [0.25, 0.3) is 0 Å². The molecule has 0 unspecified atom stereocenters. The average Bonchev–Trinajstić information content (AvgIpc) is 2.76. The molecule has 0 bridgehead atoms. The molecule has 0 N–H and O–H groups in total. The van der Waals surface area contributed by atoms with E-state index in [0.717, 1.165) is 0 Å². The minimum atomic E-state index is -4.75. The number of urea groups is 1. The van der Waals surface area contributed by atoms with Crippen LogP contribution in [0, 0.1) is 0 Å². The number of hydrogen-bond donors (Lipinski definition) is 0. The molecule has 0 saturated carbocycles. The number of halogens is 3. The molecule has 2 aromatic rings. The number of aromatic nitrogens is 1. The molecule has 1 aromatic heterocycles. The molecule has 2 amide bonds. The van der Waals surface area contributed by atoms with Crippen molar-refractivity contribution < 1.29 is 22.7 Å². The Hall–Kier alpha value is -2.77. The van der Waals surface area contributed by atoms with Gasteiger partial charge in [0.15, 0.2) is 5.49 Å². The molecule has 21 heavy (non-hydrogen) atoms. The highest BCUT2D eigenvalue weighted by Gasteiger charge is 2.31. The molecule has 106 valence electrons. The second-order valence-corrected chi connectivity index (χ2v) is 4.15. The number of fused-ring (bicyclic) bond motifs is 1. The van der Waals surface area contributed by atoms with Crippen LogP contribution in [0.25, 0.3) is 11.1 Å². The van der Waals surface area contributed by atoms with Crippen molar-refractivity contribution in [2.75, 3.05) is 0 Å². The van der Waals surface area contributed by atoms with E-state index in [0.29, 0.717) is 16.5 Å². The molecule has 0 fully saturated rings. The van der Waals surface area contributed by atoms with Crippen LogP contribution in [0.15, 0.2) is 46.5 Å². The Morgan fingerprint density at radius 3 is 2.62 bits per heavy atom. The van der Waals surface area contributed by atoms with E-state index in [-0.39, 0.29) is 11.2 Å². The van der Waals surface area contributed by atoms with E-state index in [4.69, 9.17) is 0 Å². The summed E-state index contributed by atoms with van der Waals surface area (Å²) in [6.07, 6.45) is -3.35. The summed E-state index contributed by atoms with van der Waals surface area (Å²) in [5, 5.41) is 0.291. The van der Waals surface area contributed by atoms with Gasteiger partial charge >= 0.3 is 12.4 Å². The zero-order valence-electron chi connectivity index (χ0n) is 10.3. The van der Waals surface area contributed by atoms with Gasteiger partial charge in [0.2, 0.25) is 0 Å². The zero-order chi connectivity index (χ0) is 15.0. The molecule has 0 aliphatic carbocycles. The van der Waals surface area contributed by atoms with Crippen LogP contribution in [0.1, 0.15) is 0 Å². The predicted octanol–water partition coefficient (Wildman–Crippen LogP) is 2.02. The summed E-state index contributed by atoms with van der Waals surface area (Å²) in [6, 6.07) is 6.33. The first-order chi connectivity index (χ1) is 9.90. The topological polar surface area (TPSA) is 63.9 Å². The van der Waals surface area contributed by atoms with Gasteiger partial charge in [-0.1, -0.05) is 12.1 Å². The normalized spacial score (nSPS) is 13.4. The maximum Gasteiger partial charge on any atom is 0.573 e. The van der Waals surface area contributed by atoms with Crippen molar-refractivity contribution in [2.45, 2.75) is 6.36 Å². The minimum Gasteiger partial charge on any atom is -0.406 e. The fourth-order valence-corrected chi connectivity index (χ4v) is 1.86.